The van der Waals surface area contributed by atoms with E-state index in [1.165, 1.54) is 0 Å². The van der Waals surface area contributed by atoms with Crippen molar-refractivity contribution in [1.82, 2.24) is 5.32 Å². The molecular formula is C37H33BrN2O4. The Labute approximate surface area is 265 Å². The van der Waals surface area contributed by atoms with Gasteiger partial charge in [0.1, 0.15) is 5.75 Å². The van der Waals surface area contributed by atoms with Crippen LogP contribution in [0.5, 0.6) is 5.75 Å². The van der Waals surface area contributed by atoms with Crippen molar-refractivity contribution in [3.63, 3.8) is 0 Å². The second-order valence-corrected chi connectivity index (χ2v) is 11.7. The number of hydrogen-bond donors (Lipinski definition) is 2. The van der Waals surface area contributed by atoms with Crippen LogP contribution in [0.15, 0.2) is 131 Å². The van der Waals surface area contributed by atoms with Gasteiger partial charge < -0.3 is 19.9 Å². The van der Waals surface area contributed by atoms with Crippen molar-refractivity contribution in [3.8, 4) is 5.75 Å². The molecule has 1 aliphatic heterocycles. The van der Waals surface area contributed by atoms with Gasteiger partial charge in [0.15, 0.2) is 11.6 Å². The number of aliphatic imine (C=N–C) groups is 1. The summed E-state index contributed by atoms with van der Waals surface area (Å²) in [4.78, 5) is 19.7. The Morgan fingerprint density at radius 1 is 0.886 bits per heavy atom. The standard InChI is InChI=1S/C37H33BrN2O4/c38-31-18-14-28(15-19-31)34-37(24-26-8-2-1-3-9-26,36(42)39-25-30-12-6-11-27-10-4-5-13-33(27)30)40-35(44-34)29-16-20-32(21-17-29)43-23-7-22-41/h1-6,8-21,34,41H,7,22-25H2,(H,39,42)/t34-,37-/m1/s1. The van der Waals surface area contributed by atoms with Crippen LogP contribution in [0.3, 0.4) is 0 Å². The number of rotatable bonds is 11. The molecule has 0 radical (unpaired) electrons. The van der Waals surface area contributed by atoms with Crippen molar-refractivity contribution in [2.75, 3.05) is 13.2 Å². The van der Waals surface area contributed by atoms with Crippen LogP contribution in [0, 0.1) is 0 Å². The van der Waals surface area contributed by atoms with E-state index in [0.29, 0.717) is 37.6 Å². The number of halogens is 1. The molecule has 2 N–H and O–H groups in total. The smallest absolute Gasteiger partial charge is 0.252 e. The van der Waals surface area contributed by atoms with Crippen molar-refractivity contribution >= 4 is 38.5 Å². The Morgan fingerprint density at radius 3 is 2.39 bits per heavy atom. The average molecular weight is 650 g/mol. The van der Waals surface area contributed by atoms with E-state index in [1.54, 1.807) is 0 Å². The van der Waals surface area contributed by atoms with Crippen molar-refractivity contribution < 1.29 is 19.4 Å². The summed E-state index contributed by atoms with van der Waals surface area (Å²) in [7, 11) is 0. The third-order valence-corrected chi connectivity index (χ3v) is 8.37. The number of carbonyl (C=O) groups excluding carboxylic acids is 1. The van der Waals surface area contributed by atoms with Gasteiger partial charge in [0.05, 0.1) is 6.61 Å². The molecule has 0 unspecified atom stereocenters. The highest BCUT2D eigenvalue weighted by molar-refractivity contribution is 9.10. The predicted octanol–water partition coefficient (Wildman–Crippen LogP) is 7.18. The maximum Gasteiger partial charge on any atom is 0.252 e. The van der Waals surface area contributed by atoms with Gasteiger partial charge in [0, 0.05) is 36.0 Å². The minimum Gasteiger partial charge on any atom is -0.494 e. The molecule has 0 saturated carbocycles. The summed E-state index contributed by atoms with van der Waals surface area (Å²) in [5.74, 6) is 0.880. The number of benzene rings is 5. The lowest BCUT2D eigenvalue weighted by atomic mass is 9.82. The molecule has 1 amide bonds. The fourth-order valence-corrected chi connectivity index (χ4v) is 5.87. The van der Waals surface area contributed by atoms with E-state index >= 15 is 0 Å². The van der Waals surface area contributed by atoms with Gasteiger partial charge in [-0.05, 0) is 63.9 Å². The molecule has 0 bridgehead atoms. The second kappa shape index (κ2) is 13.5. The van der Waals surface area contributed by atoms with E-state index in [2.05, 4.69) is 39.4 Å². The number of fused-ring (bicyclic) bond motifs is 1. The molecule has 6 nitrogen and oxygen atoms in total. The van der Waals surface area contributed by atoms with Crippen LogP contribution in [0.2, 0.25) is 0 Å². The van der Waals surface area contributed by atoms with Crippen LogP contribution in [0.4, 0.5) is 0 Å². The van der Waals surface area contributed by atoms with E-state index in [4.69, 9.17) is 19.6 Å². The zero-order valence-corrected chi connectivity index (χ0v) is 25.7. The number of nitrogens with one attached hydrogen (secondary N) is 1. The number of ether oxygens (including phenoxy) is 2. The van der Waals surface area contributed by atoms with Crippen LogP contribution in [-0.4, -0.2) is 35.7 Å². The molecule has 6 rings (SSSR count). The summed E-state index contributed by atoms with van der Waals surface area (Å²) < 4.78 is 13.3. The highest BCUT2D eigenvalue weighted by Gasteiger charge is 2.53. The van der Waals surface area contributed by atoms with E-state index in [9.17, 15) is 4.79 Å². The maximum atomic E-state index is 14.6. The number of nitrogens with zero attached hydrogens (tertiary/aromatic N) is 1. The molecule has 0 aliphatic carbocycles. The summed E-state index contributed by atoms with van der Waals surface area (Å²) in [5, 5.41) is 14.5. The Kier molecular flexibility index (Phi) is 9.05. The van der Waals surface area contributed by atoms with Crippen molar-refractivity contribution in [2.45, 2.75) is 31.0 Å². The van der Waals surface area contributed by atoms with E-state index in [-0.39, 0.29) is 12.5 Å². The molecule has 5 aromatic carbocycles. The zero-order valence-electron chi connectivity index (χ0n) is 24.2. The normalized spacial score (nSPS) is 17.6. The van der Waals surface area contributed by atoms with Crippen LogP contribution in [0.25, 0.3) is 10.8 Å². The zero-order chi connectivity index (χ0) is 30.4. The molecular weight excluding hydrogens is 616 g/mol. The summed E-state index contributed by atoms with van der Waals surface area (Å²) >= 11 is 3.54. The third kappa shape index (κ3) is 6.39. The summed E-state index contributed by atoms with van der Waals surface area (Å²) in [6, 6.07) is 39.6. The van der Waals surface area contributed by atoms with Gasteiger partial charge >= 0.3 is 0 Å². The molecule has 0 saturated heterocycles. The molecule has 1 heterocycles. The van der Waals surface area contributed by atoms with Gasteiger partial charge in [-0.2, -0.15) is 0 Å². The molecule has 7 heteroatoms. The number of hydrogen-bond acceptors (Lipinski definition) is 5. The van der Waals surface area contributed by atoms with Gasteiger partial charge in [-0.1, -0.05) is 101 Å². The first-order valence-corrected chi connectivity index (χ1v) is 15.5. The number of aliphatic hydroxyl groups is 1. The first kappa shape index (κ1) is 29.6. The first-order chi connectivity index (χ1) is 21.6. The van der Waals surface area contributed by atoms with E-state index in [1.807, 2.05) is 103 Å². The lowest BCUT2D eigenvalue weighted by molar-refractivity contribution is -0.129. The summed E-state index contributed by atoms with van der Waals surface area (Å²) in [6.45, 7) is 0.858. The number of aliphatic hydroxyl groups excluding tert-OH is 1. The molecule has 0 aromatic heterocycles. The SMILES string of the molecule is O=C(NCc1cccc2ccccc12)[C@]1(Cc2ccccc2)N=C(c2ccc(OCCCO)cc2)O[C@@H]1c1ccc(Br)cc1. The monoisotopic (exact) mass is 648 g/mol. The van der Waals surface area contributed by atoms with Gasteiger partial charge in [-0.25, -0.2) is 4.99 Å². The van der Waals surface area contributed by atoms with Crippen molar-refractivity contribution in [1.29, 1.82) is 0 Å². The molecule has 0 spiro atoms. The molecule has 44 heavy (non-hydrogen) atoms. The van der Waals surface area contributed by atoms with Gasteiger partial charge in [0.25, 0.3) is 5.91 Å². The second-order valence-electron chi connectivity index (χ2n) is 10.8. The minimum atomic E-state index is -1.27. The Morgan fingerprint density at radius 2 is 1.61 bits per heavy atom. The quantitative estimate of drug-likeness (QED) is 0.149. The molecule has 2 atom stereocenters. The Bertz CT molecular complexity index is 1750. The molecule has 222 valence electrons. The van der Waals surface area contributed by atoms with Gasteiger partial charge in [-0.3, -0.25) is 4.79 Å². The summed E-state index contributed by atoms with van der Waals surface area (Å²) in [5.41, 5.74) is 2.35. The van der Waals surface area contributed by atoms with E-state index in [0.717, 1.165) is 37.5 Å². The lowest BCUT2D eigenvalue weighted by Crippen LogP contribution is -2.49. The summed E-state index contributed by atoms with van der Waals surface area (Å²) in [6.07, 6.45) is 0.239. The number of carbonyl (C=O) groups is 1. The minimum absolute atomic E-state index is 0.0756. The van der Waals surface area contributed by atoms with Crippen LogP contribution in [-0.2, 0) is 22.5 Å². The fraction of sp³-hybridized carbons (Fsp3) is 0.189. The van der Waals surface area contributed by atoms with Crippen molar-refractivity contribution in [3.05, 3.63) is 148 Å². The topological polar surface area (TPSA) is 80.2 Å². The largest absolute Gasteiger partial charge is 0.494 e. The van der Waals surface area contributed by atoms with Crippen LogP contribution < -0.4 is 10.1 Å². The molecule has 0 fully saturated rings. The average Bonchev–Trinajstić information content (AvgIpc) is 3.45. The molecule has 5 aromatic rings. The third-order valence-electron chi connectivity index (χ3n) is 7.84. The van der Waals surface area contributed by atoms with E-state index < -0.39 is 11.6 Å². The highest BCUT2D eigenvalue weighted by atomic mass is 79.9. The first-order valence-electron chi connectivity index (χ1n) is 14.7. The Balaban J connectivity index is 1.39. The number of amides is 1. The Hall–Kier alpha value is -4.46. The van der Waals surface area contributed by atoms with Crippen LogP contribution in [0.1, 0.15) is 34.8 Å². The fourth-order valence-electron chi connectivity index (χ4n) is 5.60. The van der Waals surface area contributed by atoms with Gasteiger partial charge in [-0.15, -0.1) is 0 Å². The molecule has 1 aliphatic rings. The maximum absolute atomic E-state index is 14.6. The highest BCUT2D eigenvalue weighted by Crippen LogP contribution is 2.43. The lowest BCUT2D eigenvalue weighted by Gasteiger charge is -2.31. The predicted molar refractivity (Wildman–Crippen MR) is 177 cm³/mol. The van der Waals surface area contributed by atoms with Gasteiger partial charge in [0.2, 0.25) is 5.90 Å². The van der Waals surface area contributed by atoms with Crippen LogP contribution >= 0.6 is 15.9 Å². The van der Waals surface area contributed by atoms with Crippen molar-refractivity contribution in [2.24, 2.45) is 4.99 Å².